The molecule has 0 amide bonds. The summed E-state index contributed by atoms with van der Waals surface area (Å²) >= 11 is -3.22. The number of hydrogen-bond acceptors (Lipinski definition) is 0. The van der Waals surface area contributed by atoms with Crippen LogP contribution in [0.15, 0.2) is 48.5 Å². The van der Waals surface area contributed by atoms with Crippen LogP contribution in [-0.2, 0) is 0 Å². The van der Waals surface area contributed by atoms with Crippen LogP contribution < -0.4 is 7.16 Å². The van der Waals surface area contributed by atoms with Crippen molar-refractivity contribution in [3.05, 3.63) is 60.2 Å². The first-order chi connectivity index (χ1) is 9.15. The van der Waals surface area contributed by atoms with Crippen molar-refractivity contribution in [1.82, 2.24) is 0 Å². The van der Waals surface area contributed by atoms with Gasteiger partial charge in [0.2, 0.25) is 0 Å². The standard InChI is InChI=1S/2C6H4F.2C2H5.Sn/c2*7-6-4-2-1-3-5-6;2*1-2;/h2*1-4H;2*1H2,2H3;. The van der Waals surface area contributed by atoms with E-state index in [0.717, 1.165) is 16.0 Å². The summed E-state index contributed by atoms with van der Waals surface area (Å²) in [4.78, 5) is 0. The fourth-order valence-electron chi connectivity index (χ4n) is 2.86. The minimum absolute atomic E-state index is 0.176. The third-order valence-electron chi connectivity index (χ3n) is 3.99. The maximum absolute atomic E-state index is 14.2. The molecule has 0 saturated carbocycles. The molecule has 0 saturated heterocycles. The van der Waals surface area contributed by atoms with Gasteiger partial charge >= 0.3 is 117 Å². The molecule has 0 nitrogen and oxygen atoms in total. The average Bonchev–Trinajstić information content (AvgIpc) is 2.44. The summed E-state index contributed by atoms with van der Waals surface area (Å²) in [7, 11) is 0. The van der Waals surface area contributed by atoms with Crippen molar-refractivity contribution in [3.63, 3.8) is 0 Å². The third-order valence-corrected chi connectivity index (χ3v) is 19.1. The number of benzene rings is 2. The molecule has 0 fully saturated rings. The average molecular weight is 367 g/mol. The van der Waals surface area contributed by atoms with Gasteiger partial charge in [-0.1, -0.05) is 0 Å². The van der Waals surface area contributed by atoms with Crippen molar-refractivity contribution < 1.29 is 8.78 Å². The van der Waals surface area contributed by atoms with E-state index in [1.54, 1.807) is 12.1 Å². The first-order valence-corrected chi connectivity index (χ1v) is 13.5. The zero-order valence-corrected chi connectivity index (χ0v) is 14.1. The molecule has 100 valence electrons. The van der Waals surface area contributed by atoms with E-state index in [1.165, 1.54) is 12.1 Å². The van der Waals surface area contributed by atoms with E-state index in [0.29, 0.717) is 0 Å². The molecule has 0 heterocycles. The van der Waals surface area contributed by atoms with Gasteiger partial charge in [-0.05, 0) is 0 Å². The Bertz CT molecular complexity index is 515. The van der Waals surface area contributed by atoms with Gasteiger partial charge in [0.05, 0.1) is 0 Å². The van der Waals surface area contributed by atoms with E-state index in [4.69, 9.17) is 0 Å². The van der Waals surface area contributed by atoms with Gasteiger partial charge in [-0.2, -0.15) is 0 Å². The third kappa shape index (κ3) is 2.55. The Morgan fingerprint density at radius 1 is 0.737 bits per heavy atom. The van der Waals surface area contributed by atoms with Crippen LogP contribution in [0.4, 0.5) is 8.78 Å². The van der Waals surface area contributed by atoms with Crippen molar-refractivity contribution in [2.45, 2.75) is 22.7 Å². The van der Waals surface area contributed by atoms with Gasteiger partial charge in [0.25, 0.3) is 0 Å². The van der Waals surface area contributed by atoms with Gasteiger partial charge in [0.1, 0.15) is 0 Å². The second kappa shape index (κ2) is 6.03. The monoisotopic (exact) mass is 368 g/mol. The molecular weight excluding hydrogens is 349 g/mol. The molecule has 0 bridgehead atoms. The van der Waals surface area contributed by atoms with Crippen LogP contribution in [0.2, 0.25) is 8.87 Å². The van der Waals surface area contributed by atoms with E-state index < -0.39 is 18.4 Å². The van der Waals surface area contributed by atoms with Crippen molar-refractivity contribution in [3.8, 4) is 0 Å². The first-order valence-electron chi connectivity index (χ1n) is 6.65. The van der Waals surface area contributed by atoms with Crippen LogP contribution in [0.5, 0.6) is 0 Å². The minimum atomic E-state index is -3.22. The van der Waals surface area contributed by atoms with Gasteiger partial charge < -0.3 is 0 Å². The van der Waals surface area contributed by atoms with Crippen molar-refractivity contribution in [2.75, 3.05) is 0 Å². The summed E-state index contributed by atoms with van der Waals surface area (Å²) in [5.74, 6) is -0.351. The summed E-state index contributed by atoms with van der Waals surface area (Å²) in [5.41, 5.74) is 0. The molecule has 0 aliphatic heterocycles. The van der Waals surface area contributed by atoms with Crippen LogP contribution in [0, 0.1) is 11.6 Å². The molecule has 0 aliphatic rings. The maximum atomic E-state index is 14.2. The molecule has 19 heavy (non-hydrogen) atoms. The van der Waals surface area contributed by atoms with Crippen molar-refractivity contribution in [2.24, 2.45) is 0 Å². The van der Waals surface area contributed by atoms with E-state index >= 15 is 0 Å². The summed E-state index contributed by atoms with van der Waals surface area (Å²) in [6.45, 7) is 4.14. The Balaban J connectivity index is 2.69. The number of rotatable bonds is 4. The van der Waals surface area contributed by atoms with Crippen LogP contribution in [0.3, 0.4) is 0 Å². The zero-order chi connectivity index (χ0) is 13.9. The van der Waals surface area contributed by atoms with Gasteiger partial charge in [0, 0.05) is 0 Å². The topological polar surface area (TPSA) is 0 Å². The second-order valence-corrected chi connectivity index (χ2v) is 18.0. The normalized spacial score (nSPS) is 11.6. The molecule has 0 aliphatic carbocycles. The van der Waals surface area contributed by atoms with Gasteiger partial charge in [0.15, 0.2) is 0 Å². The SMILES string of the molecule is C[CH2][Sn]([CH2]C)([c]1ccccc1F)[c]1ccccc1F. The quantitative estimate of drug-likeness (QED) is 0.726. The molecule has 0 spiro atoms. The van der Waals surface area contributed by atoms with Crippen LogP contribution in [0.25, 0.3) is 0 Å². The van der Waals surface area contributed by atoms with Gasteiger partial charge in [-0.15, -0.1) is 0 Å². The summed E-state index contributed by atoms with van der Waals surface area (Å²) < 4.78 is 31.7. The zero-order valence-electron chi connectivity index (χ0n) is 11.3. The second-order valence-electron chi connectivity index (χ2n) is 4.75. The Morgan fingerprint density at radius 3 is 1.42 bits per heavy atom. The Labute approximate surface area is 117 Å². The molecule has 2 rings (SSSR count). The number of hydrogen-bond donors (Lipinski definition) is 0. The molecule has 3 heteroatoms. The summed E-state index contributed by atoms with van der Waals surface area (Å²) in [5, 5.41) is 0. The van der Waals surface area contributed by atoms with E-state index in [-0.39, 0.29) is 11.6 Å². The summed E-state index contributed by atoms with van der Waals surface area (Å²) in [6, 6.07) is 13.8. The molecule has 0 unspecified atom stereocenters. The van der Waals surface area contributed by atoms with E-state index in [2.05, 4.69) is 13.8 Å². The van der Waals surface area contributed by atoms with Crippen LogP contribution in [0.1, 0.15) is 13.8 Å². The van der Waals surface area contributed by atoms with Gasteiger partial charge in [-0.25, -0.2) is 0 Å². The molecule has 2 aromatic carbocycles. The van der Waals surface area contributed by atoms with Crippen molar-refractivity contribution >= 4 is 25.5 Å². The molecule has 2 aromatic rings. The molecular formula is C16H18F2Sn. The Hall–Kier alpha value is -0.901. The first kappa shape index (κ1) is 14.5. The molecule has 0 atom stereocenters. The number of halogens is 2. The fourth-order valence-corrected chi connectivity index (χ4v) is 14.9. The Kier molecular flexibility index (Phi) is 4.61. The van der Waals surface area contributed by atoms with E-state index in [9.17, 15) is 8.78 Å². The predicted molar refractivity (Wildman–Crippen MR) is 78.8 cm³/mol. The Morgan fingerprint density at radius 2 is 1.11 bits per heavy atom. The van der Waals surface area contributed by atoms with Crippen LogP contribution in [-0.4, -0.2) is 18.4 Å². The summed E-state index contributed by atoms with van der Waals surface area (Å²) in [6.07, 6.45) is 0. The van der Waals surface area contributed by atoms with Gasteiger partial charge in [-0.3, -0.25) is 0 Å². The molecule has 0 radical (unpaired) electrons. The van der Waals surface area contributed by atoms with E-state index in [1.807, 2.05) is 24.3 Å². The molecule has 0 aromatic heterocycles. The predicted octanol–water partition coefficient (Wildman–Crippen LogP) is 3.57. The molecule has 0 N–H and O–H groups in total. The fraction of sp³-hybridized carbons (Fsp3) is 0.250. The van der Waals surface area contributed by atoms with Crippen LogP contribution >= 0.6 is 0 Å². The van der Waals surface area contributed by atoms with Crippen molar-refractivity contribution in [1.29, 1.82) is 0 Å².